The Morgan fingerprint density at radius 3 is 2.77 bits per heavy atom. The van der Waals surface area contributed by atoms with Crippen LogP contribution in [-0.2, 0) is 0 Å². The molecule has 0 atom stereocenters. The number of nitrogens with one attached hydrogen (secondary N) is 1. The van der Waals surface area contributed by atoms with Crippen LogP contribution in [-0.4, -0.2) is 44.3 Å². The van der Waals surface area contributed by atoms with Gasteiger partial charge in [-0.3, -0.25) is 4.40 Å². The zero-order valence-corrected chi connectivity index (χ0v) is 13.8. The molecule has 26 heavy (non-hydrogen) atoms. The number of urea groups is 1. The van der Waals surface area contributed by atoms with Crippen LogP contribution in [0.1, 0.15) is 0 Å². The molecular weight excluding hydrogens is 371 g/mol. The molecule has 1 aliphatic rings. The fraction of sp³-hybridized carbons (Fsp3) is 0.188. The molecule has 3 aromatic rings. The third-order valence-corrected chi connectivity index (χ3v) is 4.10. The molecule has 1 fully saturated rings. The van der Waals surface area contributed by atoms with Crippen molar-refractivity contribution in [2.45, 2.75) is 5.92 Å². The largest absolute Gasteiger partial charge is 0.322 e. The van der Waals surface area contributed by atoms with E-state index in [9.17, 15) is 18.0 Å². The zero-order chi connectivity index (χ0) is 18.5. The number of halogens is 4. The van der Waals surface area contributed by atoms with E-state index in [1.54, 1.807) is 16.8 Å². The molecule has 1 N–H and O–H groups in total. The van der Waals surface area contributed by atoms with Crippen molar-refractivity contribution in [1.29, 1.82) is 0 Å². The molecule has 0 saturated carbocycles. The van der Waals surface area contributed by atoms with Crippen LogP contribution in [0, 0.1) is 5.82 Å². The van der Waals surface area contributed by atoms with Gasteiger partial charge < -0.3 is 10.2 Å². The van der Waals surface area contributed by atoms with Gasteiger partial charge in [-0.15, -0.1) is 0 Å². The first-order chi connectivity index (χ1) is 12.3. The number of anilines is 1. The number of likely N-dealkylation sites (tertiary alicyclic amines) is 1. The van der Waals surface area contributed by atoms with E-state index < -0.39 is 30.9 Å². The van der Waals surface area contributed by atoms with Gasteiger partial charge in [-0.25, -0.2) is 27.9 Å². The average Bonchev–Trinajstić information content (AvgIpc) is 2.97. The summed E-state index contributed by atoms with van der Waals surface area (Å²) in [4.78, 5) is 21.2. The monoisotopic (exact) mass is 381 g/mol. The van der Waals surface area contributed by atoms with Crippen LogP contribution in [0.15, 0.2) is 36.8 Å². The number of alkyl halides is 2. The molecule has 4 rings (SSSR count). The molecule has 134 valence electrons. The van der Waals surface area contributed by atoms with Gasteiger partial charge in [-0.1, -0.05) is 11.6 Å². The topological polar surface area (TPSA) is 62.5 Å². The second-order valence-electron chi connectivity index (χ2n) is 5.94. The third-order valence-electron chi connectivity index (χ3n) is 3.90. The third kappa shape index (κ3) is 3.05. The molecule has 0 bridgehead atoms. The number of fused-ring (bicyclic) bond motifs is 1. The van der Waals surface area contributed by atoms with Crippen molar-refractivity contribution < 1.29 is 18.0 Å². The van der Waals surface area contributed by atoms with Crippen molar-refractivity contribution >= 4 is 29.1 Å². The minimum absolute atomic E-state index is 0.137. The molecule has 2 aromatic heterocycles. The second kappa shape index (κ2) is 5.87. The standard InChI is InChI=1S/C16H11ClF3N5O/c17-9-4-21-14-23-13(6-24(14)5-9)11-3-10(1-2-12(11)18)22-15(26)25-7-16(19,20)8-25/h1-6H,7-8H2,(H,22,26). The van der Waals surface area contributed by atoms with Crippen molar-refractivity contribution in [2.75, 3.05) is 18.4 Å². The number of benzene rings is 1. The fourth-order valence-electron chi connectivity index (χ4n) is 2.65. The number of imidazole rings is 1. The van der Waals surface area contributed by atoms with Crippen molar-refractivity contribution in [3.63, 3.8) is 0 Å². The highest BCUT2D eigenvalue weighted by atomic mass is 35.5. The van der Waals surface area contributed by atoms with Crippen molar-refractivity contribution in [3.05, 3.63) is 47.6 Å². The number of carbonyl (C=O) groups excluding carboxylic acids is 1. The Morgan fingerprint density at radius 1 is 1.27 bits per heavy atom. The van der Waals surface area contributed by atoms with Gasteiger partial charge in [-0.05, 0) is 18.2 Å². The number of amides is 2. The molecule has 2 amide bonds. The molecule has 1 aliphatic heterocycles. The van der Waals surface area contributed by atoms with E-state index in [1.165, 1.54) is 24.4 Å². The van der Waals surface area contributed by atoms with Crippen LogP contribution in [0.2, 0.25) is 5.02 Å². The van der Waals surface area contributed by atoms with Crippen molar-refractivity contribution in [2.24, 2.45) is 0 Å². The van der Waals surface area contributed by atoms with E-state index in [2.05, 4.69) is 15.3 Å². The summed E-state index contributed by atoms with van der Waals surface area (Å²) < 4.78 is 41.5. The van der Waals surface area contributed by atoms with Crippen LogP contribution < -0.4 is 5.32 Å². The van der Waals surface area contributed by atoms with Gasteiger partial charge in [0.05, 0.1) is 30.0 Å². The Kier molecular flexibility index (Phi) is 3.76. The summed E-state index contributed by atoms with van der Waals surface area (Å²) in [5.74, 6) is -3.06. The van der Waals surface area contributed by atoms with Gasteiger partial charge in [0.25, 0.3) is 5.92 Å². The molecule has 1 saturated heterocycles. The van der Waals surface area contributed by atoms with Gasteiger partial charge in [0.1, 0.15) is 5.82 Å². The SMILES string of the molecule is O=C(Nc1ccc(F)c(-c2cn3cc(Cl)cnc3n2)c1)N1CC(F)(F)C1. The van der Waals surface area contributed by atoms with Gasteiger partial charge in [0, 0.05) is 23.6 Å². The molecule has 10 heteroatoms. The predicted molar refractivity (Wildman–Crippen MR) is 88.9 cm³/mol. The maximum Gasteiger partial charge on any atom is 0.322 e. The predicted octanol–water partition coefficient (Wildman–Crippen LogP) is 3.67. The minimum atomic E-state index is -2.85. The second-order valence-corrected chi connectivity index (χ2v) is 6.38. The first-order valence-electron chi connectivity index (χ1n) is 7.55. The number of nitrogens with zero attached hydrogens (tertiary/aromatic N) is 4. The number of hydrogen-bond acceptors (Lipinski definition) is 3. The molecule has 0 unspecified atom stereocenters. The summed E-state index contributed by atoms with van der Waals surface area (Å²) in [6, 6.07) is 3.23. The fourth-order valence-corrected chi connectivity index (χ4v) is 2.80. The number of rotatable bonds is 2. The van der Waals surface area contributed by atoms with Crippen LogP contribution in [0.5, 0.6) is 0 Å². The van der Waals surface area contributed by atoms with Gasteiger partial charge in [0.2, 0.25) is 5.78 Å². The molecule has 0 spiro atoms. The highest BCUT2D eigenvalue weighted by molar-refractivity contribution is 6.30. The van der Waals surface area contributed by atoms with E-state index in [4.69, 9.17) is 11.6 Å². The lowest BCUT2D eigenvalue weighted by molar-refractivity contribution is -0.107. The number of hydrogen-bond donors (Lipinski definition) is 1. The number of carbonyl (C=O) groups is 1. The molecule has 0 radical (unpaired) electrons. The van der Waals surface area contributed by atoms with Gasteiger partial charge >= 0.3 is 6.03 Å². The lowest BCUT2D eigenvalue weighted by Gasteiger charge is -2.38. The van der Waals surface area contributed by atoms with Crippen molar-refractivity contribution in [1.82, 2.24) is 19.3 Å². The van der Waals surface area contributed by atoms with Gasteiger partial charge in [-0.2, -0.15) is 0 Å². The Labute approximate surface area is 150 Å². The molecular formula is C16H11ClF3N5O. The smallest absolute Gasteiger partial charge is 0.312 e. The normalized spacial score (nSPS) is 15.8. The maximum atomic E-state index is 14.2. The minimum Gasteiger partial charge on any atom is -0.312 e. The van der Waals surface area contributed by atoms with Crippen LogP contribution in [0.4, 0.5) is 23.7 Å². The zero-order valence-electron chi connectivity index (χ0n) is 13.1. The maximum absolute atomic E-state index is 14.2. The summed E-state index contributed by atoms with van der Waals surface area (Å²) in [7, 11) is 0. The Balaban J connectivity index is 1.60. The Hall–Kier alpha value is -2.81. The molecule has 3 heterocycles. The summed E-state index contributed by atoms with van der Waals surface area (Å²) >= 11 is 5.87. The van der Waals surface area contributed by atoms with E-state index in [-0.39, 0.29) is 11.3 Å². The quantitative estimate of drug-likeness (QED) is 0.736. The number of aromatic nitrogens is 3. The van der Waals surface area contributed by atoms with Crippen LogP contribution >= 0.6 is 11.6 Å². The first-order valence-corrected chi connectivity index (χ1v) is 7.92. The summed E-state index contributed by atoms with van der Waals surface area (Å²) in [5, 5.41) is 2.88. The summed E-state index contributed by atoms with van der Waals surface area (Å²) in [5.41, 5.74) is 0.701. The van der Waals surface area contributed by atoms with E-state index in [0.717, 1.165) is 4.90 Å². The first kappa shape index (κ1) is 16.6. The summed E-state index contributed by atoms with van der Waals surface area (Å²) in [6.45, 7) is -1.27. The van der Waals surface area contributed by atoms with Gasteiger partial charge in [0.15, 0.2) is 0 Å². The van der Waals surface area contributed by atoms with E-state index in [1.807, 2.05) is 0 Å². The summed E-state index contributed by atoms with van der Waals surface area (Å²) in [6.07, 6.45) is 4.55. The molecule has 0 aliphatic carbocycles. The van der Waals surface area contributed by atoms with Crippen molar-refractivity contribution in [3.8, 4) is 11.3 Å². The Morgan fingerprint density at radius 2 is 2.04 bits per heavy atom. The average molecular weight is 382 g/mol. The van der Waals surface area contributed by atoms with E-state index in [0.29, 0.717) is 16.5 Å². The Bertz CT molecular complexity index is 1010. The highest BCUT2D eigenvalue weighted by Gasteiger charge is 2.46. The molecule has 6 nitrogen and oxygen atoms in total. The van der Waals surface area contributed by atoms with E-state index >= 15 is 0 Å². The van der Waals surface area contributed by atoms with Crippen LogP contribution in [0.3, 0.4) is 0 Å². The molecule has 1 aromatic carbocycles. The lowest BCUT2D eigenvalue weighted by Crippen LogP contribution is -2.59. The lowest BCUT2D eigenvalue weighted by atomic mass is 10.1. The highest BCUT2D eigenvalue weighted by Crippen LogP contribution is 2.29. The van der Waals surface area contributed by atoms with Crippen LogP contribution in [0.25, 0.3) is 17.0 Å².